The first-order chi connectivity index (χ1) is 6.77. The topological polar surface area (TPSA) is 49.3 Å². The quantitative estimate of drug-likeness (QED) is 0.731. The zero-order valence-electron chi connectivity index (χ0n) is 8.82. The highest BCUT2D eigenvalue weighted by Gasteiger charge is 2.35. The highest BCUT2D eigenvalue weighted by molar-refractivity contribution is 5.78. The van der Waals surface area contributed by atoms with Gasteiger partial charge >= 0.3 is 12.1 Å². The van der Waals surface area contributed by atoms with E-state index < -0.39 is 24.1 Å². The minimum Gasteiger partial charge on any atom is -0.480 e. The van der Waals surface area contributed by atoms with E-state index in [1.165, 1.54) is 0 Å². The van der Waals surface area contributed by atoms with Crippen LogP contribution in [-0.4, -0.2) is 29.3 Å². The Morgan fingerprint density at radius 1 is 1.27 bits per heavy atom. The monoisotopic (exact) mass is 227 g/mol. The van der Waals surface area contributed by atoms with Crippen LogP contribution in [0.25, 0.3) is 0 Å². The van der Waals surface area contributed by atoms with Crippen molar-refractivity contribution in [2.45, 2.75) is 44.8 Å². The number of aliphatic carboxylic acids is 1. The van der Waals surface area contributed by atoms with Gasteiger partial charge in [0, 0.05) is 6.54 Å². The van der Waals surface area contributed by atoms with Crippen molar-refractivity contribution < 1.29 is 23.1 Å². The first-order valence-electron chi connectivity index (χ1n) is 4.82. The van der Waals surface area contributed by atoms with E-state index >= 15 is 0 Å². The zero-order valence-corrected chi connectivity index (χ0v) is 8.82. The molecule has 0 atom stereocenters. The molecule has 0 fully saturated rings. The molecule has 3 nitrogen and oxygen atoms in total. The third-order valence-electron chi connectivity index (χ3n) is 2.49. The summed E-state index contributed by atoms with van der Waals surface area (Å²) in [6, 6.07) is 0. The van der Waals surface area contributed by atoms with E-state index in [1.54, 1.807) is 13.8 Å². The minimum absolute atomic E-state index is 0.261. The van der Waals surface area contributed by atoms with Crippen LogP contribution < -0.4 is 5.32 Å². The van der Waals surface area contributed by atoms with Gasteiger partial charge in [0.1, 0.15) is 5.54 Å². The van der Waals surface area contributed by atoms with Crippen molar-refractivity contribution in [2.75, 3.05) is 6.54 Å². The number of carboxylic acid groups (broad SMARTS) is 1. The van der Waals surface area contributed by atoms with Crippen molar-refractivity contribution in [2.24, 2.45) is 0 Å². The fourth-order valence-corrected chi connectivity index (χ4v) is 1.32. The average Bonchev–Trinajstić information content (AvgIpc) is 2.10. The predicted molar refractivity (Wildman–Crippen MR) is 49.6 cm³/mol. The Labute approximate surface area is 86.7 Å². The molecule has 0 aromatic heterocycles. The van der Waals surface area contributed by atoms with E-state index in [0.717, 1.165) is 0 Å². The van der Waals surface area contributed by atoms with Crippen LogP contribution in [0.5, 0.6) is 0 Å². The van der Waals surface area contributed by atoms with Gasteiger partial charge in [-0.1, -0.05) is 13.8 Å². The maximum Gasteiger partial charge on any atom is 0.390 e. The first kappa shape index (κ1) is 14.2. The third-order valence-corrected chi connectivity index (χ3v) is 2.49. The van der Waals surface area contributed by atoms with Crippen LogP contribution in [-0.2, 0) is 4.79 Å². The SMILES string of the molecule is CCC(CC)(NCCC(F)(F)F)C(=O)O. The average molecular weight is 227 g/mol. The normalized spacial score (nSPS) is 12.9. The second kappa shape index (κ2) is 5.34. The van der Waals surface area contributed by atoms with Gasteiger partial charge in [-0.15, -0.1) is 0 Å². The first-order valence-corrected chi connectivity index (χ1v) is 4.82. The van der Waals surface area contributed by atoms with E-state index in [1.807, 2.05) is 0 Å². The van der Waals surface area contributed by atoms with E-state index in [-0.39, 0.29) is 19.4 Å². The lowest BCUT2D eigenvalue weighted by Gasteiger charge is -2.28. The largest absolute Gasteiger partial charge is 0.480 e. The molecular weight excluding hydrogens is 211 g/mol. The van der Waals surface area contributed by atoms with Gasteiger partial charge in [0.2, 0.25) is 0 Å². The Bertz CT molecular complexity index is 212. The molecular formula is C9H16F3NO2. The summed E-state index contributed by atoms with van der Waals surface area (Å²) in [5, 5.41) is 11.4. The van der Waals surface area contributed by atoms with Crippen LogP contribution in [0, 0.1) is 0 Å². The van der Waals surface area contributed by atoms with E-state index in [2.05, 4.69) is 5.32 Å². The van der Waals surface area contributed by atoms with E-state index in [4.69, 9.17) is 5.11 Å². The number of rotatable bonds is 6. The number of carbonyl (C=O) groups is 1. The lowest BCUT2D eigenvalue weighted by molar-refractivity contribution is -0.148. The summed E-state index contributed by atoms with van der Waals surface area (Å²) >= 11 is 0. The lowest BCUT2D eigenvalue weighted by Crippen LogP contribution is -2.52. The molecule has 0 unspecified atom stereocenters. The number of carboxylic acids is 1. The number of hydrogen-bond donors (Lipinski definition) is 2. The maximum absolute atomic E-state index is 11.9. The summed E-state index contributed by atoms with van der Waals surface area (Å²) in [6.45, 7) is 2.91. The summed E-state index contributed by atoms with van der Waals surface area (Å²) in [5.41, 5.74) is -1.23. The standard InChI is InChI=1S/C9H16F3NO2/c1-3-8(4-2,7(14)15)13-6-5-9(10,11)12/h13H,3-6H2,1-2H3,(H,14,15). The molecule has 0 saturated carbocycles. The van der Waals surface area contributed by atoms with Crippen molar-refractivity contribution in [1.82, 2.24) is 5.32 Å². The number of alkyl halides is 3. The van der Waals surface area contributed by atoms with Gasteiger partial charge in [-0.2, -0.15) is 13.2 Å². The Kier molecular flexibility index (Phi) is 5.07. The number of hydrogen-bond acceptors (Lipinski definition) is 2. The molecule has 0 amide bonds. The smallest absolute Gasteiger partial charge is 0.390 e. The van der Waals surface area contributed by atoms with Gasteiger partial charge in [0.05, 0.1) is 6.42 Å². The van der Waals surface area contributed by atoms with Crippen molar-refractivity contribution in [3.8, 4) is 0 Å². The molecule has 0 aliphatic carbocycles. The molecule has 0 aliphatic heterocycles. The summed E-state index contributed by atoms with van der Waals surface area (Å²) in [5.74, 6) is -1.10. The van der Waals surface area contributed by atoms with Crippen LogP contribution in [0.2, 0.25) is 0 Å². The van der Waals surface area contributed by atoms with E-state index in [9.17, 15) is 18.0 Å². The fourth-order valence-electron chi connectivity index (χ4n) is 1.32. The highest BCUT2D eigenvalue weighted by atomic mass is 19.4. The van der Waals surface area contributed by atoms with Crippen LogP contribution in [0.1, 0.15) is 33.1 Å². The Morgan fingerprint density at radius 2 is 1.73 bits per heavy atom. The van der Waals surface area contributed by atoms with Crippen molar-refractivity contribution >= 4 is 5.97 Å². The summed E-state index contributed by atoms with van der Waals surface area (Å²) in [7, 11) is 0. The van der Waals surface area contributed by atoms with Gasteiger partial charge in [-0.25, -0.2) is 0 Å². The van der Waals surface area contributed by atoms with Crippen LogP contribution in [0.3, 0.4) is 0 Å². The summed E-state index contributed by atoms with van der Waals surface area (Å²) in [4.78, 5) is 10.9. The fraction of sp³-hybridized carbons (Fsp3) is 0.889. The second-order valence-corrected chi connectivity index (χ2v) is 3.39. The van der Waals surface area contributed by atoms with Crippen LogP contribution >= 0.6 is 0 Å². The van der Waals surface area contributed by atoms with Crippen molar-refractivity contribution in [1.29, 1.82) is 0 Å². The molecule has 6 heteroatoms. The van der Waals surface area contributed by atoms with Gasteiger partial charge in [-0.3, -0.25) is 4.79 Å². The van der Waals surface area contributed by atoms with Crippen molar-refractivity contribution in [3.63, 3.8) is 0 Å². The molecule has 0 saturated heterocycles. The second-order valence-electron chi connectivity index (χ2n) is 3.39. The van der Waals surface area contributed by atoms with Gasteiger partial charge in [0.15, 0.2) is 0 Å². The molecule has 15 heavy (non-hydrogen) atoms. The minimum atomic E-state index is -4.25. The number of halogens is 3. The molecule has 0 spiro atoms. The van der Waals surface area contributed by atoms with E-state index in [0.29, 0.717) is 0 Å². The molecule has 0 rings (SSSR count). The van der Waals surface area contributed by atoms with Crippen molar-refractivity contribution in [3.05, 3.63) is 0 Å². The maximum atomic E-state index is 11.9. The van der Waals surface area contributed by atoms with Gasteiger partial charge < -0.3 is 10.4 Å². The van der Waals surface area contributed by atoms with Gasteiger partial charge in [0.25, 0.3) is 0 Å². The van der Waals surface area contributed by atoms with Crippen LogP contribution in [0.4, 0.5) is 13.2 Å². The molecule has 0 aromatic rings. The molecule has 0 aromatic carbocycles. The summed E-state index contributed by atoms with van der Waals surface area (Å²) < 4.78 is 35.6. The summed E-state index contributed by atoms with van der Waals surface area (Å²) in [6.07, 6.45) is -4.74. The molecule has 2 N–H and O–H groups in total. The predicted octanol–water partition coefficient (Wildman–Crippen LogP) is 2.17. The van der Waals surface area contributed by atoms with Crippen LogP contribution in [0.15, 0.2) is 0 Å². The molecule has 90 valence electrons. The molecule has 0 heterocycles. The third kappa shape index (κ3) is 4.51. The Hall–Kier alpha value is -0.780. The molecule has 0 radical (unpaired) electrons. The molecule has 0 bridgehead atoms. The highest BCUT2D eigenvalue weighted by Crippen LogP contribution is 2.20. The van der Waals surface area contributed by atoms with Gasteiger partial charge in [-0.05, 0) is 12.8 Å². The number of nitrogens with one attached hydrogen (secondary N) is 1. The lowest BCUT2D eigenvalue weighted by atomic mass is 9.93. The molecule has 0 aliphatic rings. The Morgan fingerprint density at radius 3 is 2.00 bits per heavy atom. The zero-order chi connectivity index (χ0) is 12.1. The Balaban J connectivity index is 4.26.